The van der Waals surface area contributed by atoms with E-state index in [9.17, 15) is 4.79 Å². The molecule has 0 radical (unpaired) electrons. The lowest BCUT2D eigenvalue weighted by Crippen LogP contribution is -2.35. The number of carbonyl (C=O) groups is 1. The molecule has 130 valence electrons. The first-order valence-corrected chi connectivity index (χ1v) is 9.37. The highest BCUT2D eigenvalue weighted by Gasteiger charge is 2.25. The molecule has 0 saturated carbocycles. The van der Waals surface area contributed by atoms with Crippen LogP contribution in [0.3, 0.4) is 0 Å². The van der Waals surface area contributed by atoms with Crippen LogP contribution in [-0.4, -0.2) is 38.4 Å². The quantitative estimate of drug-likeness (QED) is 0.762. The number of fused-ring (bicyclic) bond motifs is 1. The second-order valence-corrected chi connectivity index (χ2v) is 7.64. The monoisotopic (exact) mass is 355 g/mol. The van der Waals surface area contributed by atoms with E-state index in [2.05, 4.69) is 28.1 Å². The molecule has 6 nitrogen and oxygen atoms in total. The minimum atomic E-state index is -0.332. The third-order valence-corrected chi connectivity index (χ3v) is 5.66. The lowest BCUT2D eigenvalue weighted by molar-refractivity contribution is -0.118. The number of rotatable bonds is 5. The van der Waals surface area contributed by atoms with E-state index in [4.69, 9.17) is 10.7 Å². The number of piperidine rings is 1. The van der Waals surface area contributed by atoms with Gasteiger partial charge in [-0.25, -0.2) is 9.97 Å². The molecule has 1 aromatic carbocycles. The number of imidazole rings is 1. The standard InChI is InChI=1S/C18H21N5OS/c19-16(24)11-23-9-7-20-18(23)13-4-3-8-22(10-13)12-17-21-14-5-1-2-6-15(14)25-17/h1-2,5-7,9,13H,3-4,8,10-12H2,(H2,19,24). The molecule has 1 fully saturated rings. The highest BCUT2D eigenvalue weighted by Crippen LogP contribution is 2.28. The summed E-state index contributed by atoms with van der Waals surface area (Å²) in [5, 5.41) is 1.15. The van der Waals surface area contributed by atoms with Gasteiger partial charge in [0.1, 0.15) is 17.4 Å². The Kier molecular flexibility index (Phi) is 4.50. The average Bonchev–Trinajstić information content (AvgIpc) is 3.20. The van der Waals surface area contributed by atoms with Crippen molar-refractivity contribution in [1.29, 1.82) is 0 Å². The molecule has 1 aliphatic rings. The van der Waals surface area contributed by atoms with Crippen LogP contribution in [0.4, 0.5) is 0 Å². The number of benzene rings is 1. The Morgan fingerprint density at radius 2 is 2.24 bits per heavy atom. The summed E-state index contributed by atoms with van der Waals surface area (Å²) in [6, 6.07) is 8.27. The Morgan fingerprint density at radius 3 is 3.08 bits per heavy atom. The molecule has 2 N–H and O–H groups in total. The summed E-state index contributed by atoms with van der Waals surface area (Å²) < 4.78 is 3.12. The van der Waals surface area contributed by atoms with Crippen LogP contribution in [0.5, 0.6) is 0 Å². The number of nitrogens with zero attached hydrogens (tertiary/aromatic N) is 4. The van der Waals surface area contributed by atoms with Gasteiger partial charge in [0.15, 0.2) is 0 Å². The number of aromatic nitrogens is 3. The molecular weight excluding hydrogens is 334 g/mol. The van der Waals surface area contributed by atoms with E-state index in [1.54, 1.807) is 17.5 Å². The number of thiazole rings is 1. The van der Waals surface area contributed by atoms with Crippen LogP contribution in [0.15, 0.2) is 36.7 Å². The van der Waals surface area contributed by atoms with E-state index in [-0.39, 0.29) is 12.5 Å². The first-order chi connectivity index (χ1) is 12.2. The van der Waals surface area contributed by atoms with Crippen molar-refractivity contribution in [3.63, 3.8) is 0 Å². The maximum Gasteiger partial charge on any atom is 0.237 e. The van der Waals surface area contributed by atoms with Crippen molar-refractivity contribution in [1.82, 2.24) is 19.4 Å². The third kappa shape index (κ3) is 3.57. The van der Waals surface area contributed by atoms with Gasteiger partial charge in [-0.3, -0.25) is 9.69 Å². The number of amides is 1. The number of primary amides is 1. The summed E-state index contributed by atoms with van der Waals surface area (Å²) >= 11 is 1.77. The predicted octanol–water partition coefficient (Wildman–Crippen LogP) is 2.36. The summed E-state index contributed by atoms with van der Waals surface area (Å²) in [4.78, 5) is 22.9. The zero-order valence-electron chi connectivity index (χ0n) is 14.0. The fourth-order valence-electron chi connectivity index (χ4n) is 3.57. The molecule has 1 unspecified atom stereocenters. The second-order valence-electron chi connectivity index (χ2n) is 6.53. The highest BCUT2D eigenvalue weighted by atomic mass is 32.1. The fourth-order valence-corrected chi connectivity index (χ4v) is 4.58. The molecule has 3 heterocycles. The van der Waals surface area contributed by atoms with E-state index < -0.39 is 0 Å². The second kappa shape index (κ2) is 6.93. The van der Waals surface area contributed by atoms with Crippen molar-refractivity contribution in [2.24, 2.45) is 5.73 Å². The number of hydrogen-bond acceptors (Lipinski definition) is 5. The number of hydrogen-bond donors (Lipinski definition) is 1. The van der Waals surface area contributed by atoms with Gasteiger partial charge in [-0.1, -0.05) is 12.1 Å². The minimum absolute atomic E-state index is 0.198. The minimum Gasteiger partial charge on any atom is -0.368 e. The van der Waals surface area contributed by atoms with Gasteiger partial charge < -0.3 is 10.3 Å². The smallest absolute Gasteiger partial charge is 0.237 e. The summed E-state index contributed by atoms with van der Waals surface area (Å²) in [6.07, 6.45) is 5.81. The van der Waals surface area contributed by atoms with Crippen LogP contribution in [0.25, 0.3) is 10.2 Å². The topological polar surface area (TPSA) is 77.0 Å². The average molecular weight is 355 g/mol. The molecule has 1 saturated heterocycles. The van der Waals surface area contributed by atoms with Crippen LogP contribution in [-0.2, 0) is 17.9 Å². The van der Waals surface area contributed by atoms with Crippen LogP contribution in [0.1, 0.15) is 29.6 Å². The van der Waals surface area contributed by atoms with Crippen molar-refractivity contribution in [2.75, 3.05) is 13.1 Å². The molecule has 25 heavy (non-hydrogen) atoms. The Labute approximate surface area is 150 Å². The first kappa shape index (κ1) is 16.2. The maximum atomic E-state index is 11.2. The van der Waals surface area contributed by atoms with Gasteiger partial charge in [-0.15, -0.1) is 11.3 Å². The summed E-state index contributed by atoms with van der Waals surface area (Å²) in [7, 11) is 0. The maximum absolute atomic E-state index is 11.2. The molecule has 4 rings (SSSR count). The molecule has 0 bridgehead atoms. The van der Waals surface area contributed by atoms with Crippen molar-refractivity contribution in [2.45, 2.75) is 31.8 Å². The normalized spacial score (nSPS) is 18.6. The molecule has 1 atom stereocenters. The predicted molar refractivity (Wildman–Crippen MR) is 98.3 cm³/mol. The molecular formula is C18H21N5OS. The lowest BCUT2D eigenvalue weighted by atomic mass is 9.97. The lowest BCUT2D eigenvalue weighted by Gasteiger charge is -2.32. The molecule has 3 aromatic rings. The number of likely N-dealkylation sites (tertiary alicyclic amines) is 1. The number of nitrogens with two attached hydrogens (primary N) is 1. The van der Waals surface area contributed by atoms with Gasteiger partial charge in [-0.2, -0.15) is 0 Å². The Hall–Kier alpha value is -2.25. The summed E-state index contributed by atoms with van der Waals surface area (Å²) in [5.74, 6) is 0.965. The Balaban J connectivity index is 1.47. The number of para-hydroxylation sites is 1. The molecule has 1 aliphatic heterocycles. The first-order valence-electron chi connectivity index (χ1n) is 8.55. The van der Waals surface area contributed by atoms with E-state index in [1.807, 2.05) is 16.8 Å². The van der Waals surface area contributed by atoms with Crippen LogP contribution in [0.2, 0.25) is 0 Å². The van der Waals surface area contributed by atoms with Gasteiger partial charge in [-0.05, 0) is 31.5 Å². The zero-order valence-corrected chi connectivity index (χ0v) is 14.8. The van der Waals surface area contributed by atoms with Gasteiger partial charge in [0, 0.05) is 24.9 Å². The molecule has 0 spiro atoms. The van der Waals surface area contributed by atoms with Crippen molar-refractivity contribution in [3.05, 3.63) is 47.5 Å². The van der Waals surface area contributed by atoms with E-state index in [0.717, 1.165) is 48.8 Å². The van der Waals surface area contributed by atoms with Crippen molar-refractivity contribution < 1.29 is 4.79 Å². The van der Waals surface area contributed by atoms with E-state index in [1.165, 1.54) is 4.70 Å². The summed E-state index contributed by atoms with van der Waals surface area (Å²) in [5.41, 5.74) is 6.42. The number of carbonyl (C=O) groups excluding carboxylic acids is 1. The van der Waals surface area contributed by atoms with Gasteiger partial charge in [0.05, 0.1) is 16.8 Å². The molecule has 0 aliphatic carbocycles. The fraction of sp³-hybridized carbons (Fsp3) is 0.389. The Morgan fingerprint density at radius 1 is 1.36 bits per heavy atom. The largest absolute Gasteiger partial charge is 0.368 e. The van der Waals surface area contributed by atoms with E-state index >= 15 is 0 Å². The third-order valence-electron chi connectivity index (χ3n) is 4.64. The van der Waals surface area contributed by atoms with Gasteiger partial charge in [0.25, 0.3) is 0 Å². The van der Waals surface area contributed by atoms with Gasteiger partial charge in [0.2, 0.25) is 5.91 Å². The highest BCUT2D eigenvalue weighted by molar-refractivity contribution is 7.18. The van der Waals surface area contributed by atoms with E-state index in [0.29, 0.717) is 5.92 Å². The molecule has 1 amide bonds. The molecule has 2 aromatic heterocycles. The Bertz CT molecular complexity index is 853. The van der Waals surface area contributed by atoms with Gasteiger partial charge >= 0.3 is 0 Å². The molecule has 7 heteroatoms. The van der Waals surface area contributed by atoms with Crippen molar-refractivity contribution in [3.8, 4) is 0 Å². The van der Waals surface area contributed by atoms with Crippen LogP contribution >= 0.6 is 11.3 Å². The van der Waals surface area contributed by atoms with Crippen LogP contribution in [0, 0.1) is 0 Å². The zero-order chi connectivity index (χ0) is 17.2. The SMILES string of the molecule is NC(=O)Cn1ccnc1C1CCCN(Cc2nc3ccccc3s2)C1. The van der Waals surface area contributed by atoms with Crippen molar-refractivity contribution >= 4 is 27.5 Å². The van der Waals surface area contributed by atoms with Crippen LogP contribution < -0.4 is 5.73 Å². The summed E-state index contributed by atoms with van der Waals surface area (Å²) in [6.45, 7) is 3.07.